The molecule has 98 valence electrons. The molecular formula is C10H25N3O3. The van der Waals surface area contributed by atoms with Gasteiger partial charge in [0.1, 0.15) is 0 Å². The minimum atomic E-state index is -0.974. The number of hydrogen-bond acceptors (Lipinski definition) is 6. The monoisotopic (exact) mass is 235 g/mol. The second-order valence-electron chi connectivity index (χ2n) is 3.51. The molecule has 1 atom stereocenters. The van der Waals surface area contributed by atoms with Gasteiger partial charge in [-0.15, -0.1) is 0 Å². The van der Waals surface area contributed by atoms with Gasteiger partial charge in [-0.2, -0.15) is 0 Å². The summed E-state index contributed by atoms with van der Waals surface area (Å²) in [6, 6.07) is 0.198. The number of nitrogens with one attached hydrogen (secondary N) is 1. The summed E-state index contributed by atoms with van der Waals surface area (Å²) in [5.74, 6) is -0.974. The average Bonchev–Trinajstić information content (AvgIpc) is 2.35. The van der Waals surface area contributed by atoms with E-state index in [0.29, 0.717) is 19.5 Å². The van der Waals surface area contributed by atoms with Gasteiger partial charge in [-0.3, -0.25) is 0 Å². The highest BCUT2D eigenvalue weighted by Crippen LogP contribution is 2.19. The second kappa shape index (κ2) is 8.86. The van der Waals surface area contributed by atoms with E-state index in [9.17, 15) is 0 Å². The average molecular weight is 235 g/mol. The van der Waals surface area contributed by atoms with Crippen molar-refractivity contribution in [1.29, 1.82) is 0 Å². The Kier molecular flexibility index (Phi) is 8.73. The number of hydrogen-bond donors (Lipinski definition) is 3. The summed E-state index contributed by atoms with van der Waals surface area (Å²) in [4.78, 5) is 0. The van der Waals surface area contributed by atoms with Crippen LogP contribution in [0.3, 0.4) is 0 Å². The normalized spacial score (nSPS) is 14.1. The molecule has 0 aromatic carbocycles. The molecule has 0 heterocycles. The Morgan fingerprint density at radius 1 is 1.12 bits per heavy atom. The van der Waals surface area contributed by atoms with E-state index in [1.54, 1.807) is 21.3 Å². The van der Waals surface area contributed by atoms with Crippen LogP contribution in [0.15, 0.2) is 0 Å². The lowest BCUT2D eigenvalue weighted by Crippen LogP contribution is -2.42. The van der Waals surface area contributed by atoms with Crippen molar-refractivity contribution >= 4 is 0 Å². The van der Waals surface area contributed by atoms with Gasteiger partial charge in [0, 0.05) is 53.4 Å². The first-order valence-corrected chi connectivity index (χ1v) is 5.47. The zero-order valence-electron chi connectivity index (χ0n) is 10.5. The van der Waals surface area contributed by atoms with E-state index in [2.05, 4.69) is 5.32 Å². The standard InChI is InChI=1S/C10H25N3O3/c1-14-10(15-2,16-3)5-4-9(8-12)13-7-6-11/h9,13H,4-8,11-12H2,1-3H3. The summed E-state index contributed by atoms with van der Waals surface area (Å²) in [5, 5.41) is 3.25. The van der Waals surface area contributed by atoms with Crippen molar-refractivity contribution in [3.8, 4) is 0 Å². The smallest absolute Gasteiger partial charge is 0.282 e. The lowest BCUT2D eigenvalue weighted by molar-refractivity contribution is -0.355. The Morgan fingerprint density at radius 2 is 1.69 bits per heavy atom. The molecule has 6 nitrogen and oxygen atoms in total. The maximum absolute atomic E-state index is 5.64. The van der Waals surface area contributed by atoms with E-state index < -0.39 is 5.97 Å². The minimum absolute atomic E-state index is 0.198. The molecule has 1 unspecified atom stereocenters. The van der Waals surface area contributed by atoms with Crippen molar-refractivity contribution in [2.45, 2.75) is 24.9 Å². The Balaban J connectivity index is 4.05. The maximum Gasteiger partial charge on any atom is 0.282 e. The van der Waals surface area contributed by atoms with Gasteiger partial charge in [-0.05, 0) is 6.42 Å². The van der Waals surface area contributed by atoms with Crippen LogP contribution in [0.1, 0.15) is 12.8 Å². The van der Waals surface area contributed by atoms with Crippen LogP contribution in [-0.4, -0.2) is 53.0 Å². The summed E-state index contributed by atoms with van der Waals surface area (Å²) in [7, 11) is 4.66. The molecule has 0 aromatic heterocycles. The van der Waals surface area contributed by atoms with Gasteiger partial charge in [0.2, 0.25) is 0 Å². The van der Waals surface area contributed by atoms with Crippen molar-refractivity contribution in [2.75, 3.05) is 41.0 Å². The minimum Gasteiger partial charge on any atom is -0.331 e. The molecule has 0 aliphatic rings. The SMILES string of the molecule is COC(CCC(CN)NCCN)(OC)OC. The third-order valence-electron chi connectivity index (χ3n) is 2.59. The quantitative estimate of drug-likeness (QED) is 0.431. The maximum atomic E-state index is 5.64. The van der Waals surface area contributed by atoms with Crippen LogP contribution in [0.2, 0.25) is 0 Å². The molecule has 0 spiro atoms. The predicted molar refractivity (Wildman–Crippen MR) is 62.9 cm³/mol. The predicted octanol–water partition coefficient (Wildman–Crippen LogP) is -0.765. The van der Waals surface area contributed by atoms with Crippen LogP contribution in [-0.2, 0) is 14.2 Å². The van der Waals surface area contributed by atoms with Crippen LogP contribution in [0, 0.1) is 0 Å². The van der Waals surface area contributed by atoms with Crippen molar-refractivity contribution in [2.24, 2.45) is 11.5 Å². The van der Waals surface area contributed by atoms with Crippen molar-refractivity contribution < 1.29 is 14.2 Å². The van der Waals surface area contributed by atoms with Gasteiger partial charge >= 0.3 is 0 Å². The molecule has 0 aromatic rings. The Labute approximate surface area is 97.6 Å². The zero-order valence-corrected chi connectivity index (χ0v) is 10.5. The summed E-state index contributed by atoms with van der Waals surface area (Å²) >= 11 is 0. The first kappa shape index (κ1) is 15.8. The number of methoxy groups -OCH3 is 3. The first-order valence-electron chi connectivity index (χ1n) is 5.47. The summed E-state index contributed by atoms with van der Waals surface area (Å²) in [6.07, 6.45) is 1.40. The highest BCUT2D eigenvalue weighted by molar-refractivity contribution is 4.70. The molecule has 0 fully saturated rings. The molecule has 0 saturated carbocycles. The van der Waals surface area contributed by atoms with E-state index in [4.69, 9.17) is 25.7 Å². The molecule has 0 rings (SSSR count). The van der Waals surface area contributed by atoms with Gasteiger partial charge in [-0.1, -0.05) is 0 Å². The molecule has 0 amide bonds. The molecule has 0 saturated heterocycles. The fourth-order valence-electron chi connectivity index (χ4n) is 1.50. The summed E-state index contributed by atoms with van der Waals surface area (Å²) in [5.41, 5.74) is 11.1. The van der Waals surface area contributed by atoms with Crippen LogP contribution >= 0.6 is 0 Å². The van der Waals surface area contributed by atoms with Crippen molar-refractivity contribution in [3.63, 3.8) is 0 Å². The molecule has 5 N–H and O–H groups in total. The number of ether oxygens (including phenoxy) is 3. The Morgan fingerprint density at radius 3 is 2.06 bits per heavy atom. The van der Waals surface area contributed by atoms with Gasteiger partial charge < -0.3 is 31.0 Å². The highest BCUT2D eigenvalue weighted by Gasteiger charge is 2.29. The van der Waals surface area contributed by atoms with Crippen molar-refractivity contribution in [3.05, 3.63) is 0 Å². The Bertz CT molecular complexity index is 157. The fraction of sp³-hybridized carbons (Fsp3) is 1.00. The van der Waals surface area contributed by atoms with Gasteiger partial charge in [0.15, 0.2) is 0 Å². The van der Waals surface area contributed by atoms with E-state index >= 15 is 0 Å². The number of rotatable bonds is 10. The van der Waals surface area contributed by atoms with E-state index in [-0.39, 0.29) is 6.04 Å². The van der Waals surface area contributed by atoms with Gasteiger partial charge in [-0.25, -0.2) is 0 Å². The molecule has 16 heavy (non-hydrogen) atoms. The third-order valence-corrected chi connectivity index (χ3v) is 2.59. The third kappa shape index (κ3) is 5.20. The molecule has 0 aliphatic heterocycles. The summed E-state index contributed by atoms with van der Waals surface area (Å²) < 4.78 is 15.6. The zero-order chi connectivity index (χ0) is 12.4. The molecule has 0 radical (unpaired) electrons. The van der Waals surface area contributed by atoms with E-state index in [0.717, 1.165) is 13.0 Å². The molecule has 0 bridgehead atoms. The van der Waals surface area contributed by atoms with Crippen LogP contribution in [0.5, 0.6) is 0 Å². The van der Waals surface area contributed by atoms with Crippen LogP contribution in [0.25, 0.3) is 0 Å². The van der Waals surface area contributed by atoms with Crippen LogP contribution in [0.4, 0.5) is 0 Å². The van der Waals surface area contributed by atoms with Crippen LogP contribution < -0.4 is 16.8 Å². The van der Waals surface area contributed by atoms with E-state index in [1.165, 1.54) is 0 Å². The molecule has 0 aliphatic carbocycles. The lowest BCUT2D eigenvalue weighted by atomic mass is 10.1. The van der Waals surface area contributed by atoms with E-state index in [1.807, 2.05) is 0 Å². The molecule has 6 heteroatoms. The first-order chi connectivity index (χ1) is 7.67. The second-order valence-corrected chi connectivity index (χ2v) is 3.51. The highest BCUT2D eigenvalue weighted by atomic mass is 16.9. The lowest BCUT2D eigenvalue weighted by Gasteiger charge is -2.30. The van der Waals surface area contributed by atoms with Gasteiger partial charge in [0.25, 0.3) is 5.97 Å². The van der Waals surface area contributed by atoms with Crippen molar-refractivity contribution in [1.82, 2.24) is 5.32 Å². The molecular weight excluding hydrogens is 210 g/mol. The largest absolute Gasteiger partial charge is 0.331 e. The topological polar surface area (TPSA) is 91.8 Å². The Hall–Kier alpha value is -0.240. The van der Waals surface area contributed by atoms with Gasteiger partial charge in [0.05, 0.1) is 0 Å². The number of nitrogens with two attached hydrogens (primary N) is 2. The fourth-order valence-corrected chi connectivity index (χ4v) is 1.50. The summed E-state index contributed by atoms with van der Waals surface area (Å²) in [6.45, 7) is 1.90.